The lowest BCUT2D eigenvalue weighted by atomic mass is 9.98. The zero-order chi connectivity index (χ0) is 93.5. The minimum absolute atomic E-state index is 0. The van der Waals surface area contributed by atoms with Crippen molar-refractivity contribution in [1.29, 1.82) is 0 Å². The van der Waals surface area contributed by atoms with Crippen LogP contribution in [0.2, 0.25) is 0 Å². The molecule has 8 aliphatic rings. The molecule has 0 spiro atoms. The fraction of sp³-hybridized carbons (Fsp3) is 0.434. The molecular formula is C113H136N6O14S3. The zero-order valence-electron chi connectivity index (χ0n) is 79.5. The highest BCUT2D eigenvalue weighted by Crippen LogP contribution is 2.47. The molecule has 10 aromatic carbocycles. The van der Waals surface area contributed by atoms with E-state index in [0.717, 1.165) is 222 Å². The molecule has 0 saturated carbocycles. The maximum atomic E-state index is 14.2. The Labute approximate surface area is 817 Å². The molecule has 0 N–H and O–H groups in total. The normalized spacial score (nSPS) is 17.1. The number of hydrogen-bond acceptors (Lipinski definition) is 18. The van der Waals surface area contributed by atoms with E-state index in [9.17, 15) is 19.2 Å². The molecule has 0 aromatic heterocycles. The summed E-state index contributed by atoms with van der Waals surface area (Å²) in [5, 5.41) is 0. The first-order valence-corrected chi connectivity index (χ1v) is 50.9. The lowest BCUT2D eigenvalue weighted by Gasteiger charge is -2.35. The van der Waals surface area contributed by atoms with Gasteiger partial charge in [0.25, 0.3) is 23.6 Å². The molecule has 5 atom stereocenters. The highest BCUT2D eigenvalue weighted by molar-refractivity contribution is 8.29. The quantitative estimate of drug-likeness (QED) is 0.0287. The minimum Gasteiger partial charge on any atom is -0.493 e. The van der Waals surface area contributed by atoms with Crippen molar-refractivity contribution in [1.82, 2.24) is 0 Å². The Hall–Kier alpha value is -10.8. The molecule has 136 heavy (non-hydrogen) atoms. The van der Waals surface area contributed by atoms with E-state index in [1.54, 1.807) is 14.2 Å². The molecule has 0 radical (unpaired) electrons. The van der Waals surface area contributed by atoms with E-state index in [4.69, 9.17) is 71.2 Å². The number of nitrogens with zero attached hydrogens (tertiary/aromatic N) is 6. The predicted molar refractivity (Wildman–Crippen MR) is 554 cm³/mol. The van der Waals surface area contributed by atoms with Gasteiger partial charge in [-0.3, -0.25) is 19.2 Å². The Morgan fingerprint density at radius 1 is 0.375 bits per heavy atom. The van der Waals surface area contributed by atoms with Crippen LogP contribution >= 0.6 is 12.6 Å². The molecule has 0 fully saturated rings. The van der Waals surface area contributed by atoms with Gasteiger partial charge in [0.1, 0.15) is 37.9 Å². The second kappa shape index (κ2) is 44.4. The predicted octanol–water partition coefficient (Wildman–Crippen LogP) is 21.4. The fourth-order valence-electron chi connectivity index (χ4n) is 20.5. The zero-order valence-corrected chi connectivity index (χ0v) is 82.0. The van der Waals surface area contributed by atoms with E-state index in [-0.39, 0.29) is 94.8 Å². The lowest BCUT2D eigenvalue weighted by Crippen LogP contribution is -2.43. The number of rotatable bonds is 37. The van der Waals surface area contributed by atoms with Gasteiger partial charge in [0, 0.05) is 129 Å². The van der Waals surface area contributed by atoms with E-state index in [1.807, 2.05) is 112 Å². The van der Waals surface area contributed by atoms with E-state index in [1.165, 1.54) is 22.3 Å². The average Bonchev–Trinajstić information content (AvgIpc) is 1.62. The maximum absolute atomic E-state index is 14.2. The first kappa shape index (κ1) is 99.7. The Morgan fingerprint density at radius 2 is 0.662 bits per heavy atom. The van der Waals surface area contributed by atoms with Gasteiger partial charge in [-0.05, 0) is 325 Å². The number of carbonyl (C=O) groups excluding carboxylic acids is 4. The van der Waals surface area contributed by atoms with Crippen molar-refractivity contribution in [3.8, 4) is 34.5 Å². The van der Waals surface area contributed by atoms with Crippen molar-refractivity contribution in [2.75, 3.05) is 129 Å². The molecule has 1 unspecified atom stereocenters. The summed E-state index contributed by atoms with van der Waals surface area (Å²) in [5.41, 5.74) is 23.6. The molecule has 20 nitrogen and oxygen atoms in total. The molecule has 8 heterocycles. The van der Waals surface area contributed by atoms with Gasteiger partial charge in [-0.1, -0.05) is 113 Å². The van der Waals surface area contributed by atoms with Crippen LogP contribution < -0.4 is 57.8 Å². The van der Waals surface area contributed by atoms with Gasteiger partial charge in [-0.15, -0.1) is 9.45 Å². The summed E-state index contributed by atoms with van der Waals surface area (Å²) in [6.45, 7) is 25.5. The monoisotopic (exact) mass is 1900 g/mol. The van der Waals surface area contributed by atoms with Crippen LogP contribution in [0.4, 0.5) is 34.1 Å². The standard InChI is InChI=1S/C56H65N3O7S2.C55H63N3O7S.2CH4/c1-7-21-63-23-24-64-22-20-57(36-56(3,4)68(6)67)46-27-38(34-65-51-31-40-16-18-44-29-42-12-8-10-14-49(42)58(44)54(60)47(40)25-37(51)2)26-39(28-46)35-66-53-32-41-17-19-45-30-43-13-9-11-15-50(43)59(45)55(61)48(41)33-52(53)62-5;1-6-20-62-22-23-63-21-19-56(35-55(3,4)66)45-26-37(33-64-50-30-39-15-17-43-28-41-11-7-9-13-48(41)57(43)53(59)46(39)24-36(50)2)25-38(27-45)34-65-52-31-40-16-18-44-29-42-12-8-10-14-49(42)58(44)54(60)47(40)32-51(52)61-5;;/h8-15,25-28,31-33,44-45H,7,16-24,29-30,34-36H2,1-6H3;7-14,24-27,30-32,43-44,66H,6,15-23,28-29,33-35H2,1-5H3;2*1H4/t44-,45-,68?;43-,44-;;/m11../s1. The molecule has 23 heteroatoms. The molecule has 18 rings (SSSR count). The number of ether oxygens (including phenoxy) is 10. The number of methoxy groups -OCH3 is 2. The molecule has 0 bridgehead atoms. The second-order valence-corrected chi connectivity index (χ2v) is 42.9. The molecule has 0 saturated heterocycles. The number of aryl methyl sites for hydroxylation is 6. The number of fused-ring (bicyclic) bond motifs is 16. The summed E-state index contributed by atoms with van der Waals surface area (Å²) in [4.78, 5) is 69.4. The number of amides is 4. The Bertz CT molecular complexity index is 6010. The highest BCUT2D eigenvalue weighted by Gasteiger charge is 2.43. The summed E-state index contributed by atoms with van der Waals surface area (Å²) in [6, 6.07) is 62.5. The fourth-order valence-corrected chi connectivity index (χ4v) is 21.2. The summed E-state index contributed by atoms with van der Waals surface area (Å²) >= 11 is 10.9. The summed E-state index contributed by atoms with van der Waals surface area (Å²) in [5.74, 6) is 3.93. The first-order valence-electron chi connectivity index (χ1n) is 47.9. The van der Waals surface area contributed by atoms with Gasteiger partial charge in [-0.25, -0.2) is 0 Å². The van der Waals surface area contributed by atoms with E-state index in [0.29, 0.717) is 107 Å². The molecular weight excluding hydrogens is 1760 g/mol. The number of thiol groups is 1. The van der Waals surface area contributed by atoms with Gasteiger partial charge in [0.2, 0.25) is 0 Å². The molecule has 0 aliphatic carbocycles. The van der Waals surface area contributed by atoms with Gasteiger partial charge >= 0.3 is 0 Å². The first-order chi connectivity index (χ1) is 64.9. The van der Waals surface area contributed by atoms with Crippen LogP contribution in [0.5, 0.6) is 34.5 Å². The van der Waals surface area contributed by atoms with Crippen LogP contribution in [-0.4, -0.2) is 157 Å². The maximum Gasteiger partial charge on any atom is 0.258 e. The summed E-state index contributed by atoms with van der Waals surface area (Å²) < 4.78 is 61.7. The topological polar surface area (TPSA) is 180 Å². The van der Waals surface area contributed by atoms with Crippen molar-refractivity contribution in [2.24, 2.45) is 0 Å². The Kier molecular flexibility index (Phi) is 32.5. The van der Waals surface area contributed by atoms with Crippen LogP contribution in [0.1, 0.15) is 214 Å². The van der Waals surface area contributed by atoms with Crippen LogP contribution in [0.3, 0.4) is 0 Å². The number of carbonyl (C=O) groups is 4. The van der Waals surface area contributed by atoms with E-state index in [2.05, 4.69) is 161 Å². The van der Waals surface area contributed by atoms with Gasteiger partial charge in [0.05, 0.1) is 53.9 Å². The molecule has 8 aliphatic heterocycles. The average molecular weight is 1900 g/mol. The van der Waals surface area contributed by atoms with Crippen molar-refractivity contribution in [3.05, 3.63) is 282 Å². The van der Waals surface area contributed by atoms with Crippen molar-refractivity contribution < 1.29 is 66.5 Å². The van der Waals surface area contributed by atoms with Crippen LogP contribution in [0.15, 0.2) is 182 Å². The van der Waals surface area contributed by atoms with Gasteiger partial charge < -0.3 is 76.8 Å². The van der Waals surface area contributed by atoms with Gasteiger partial charge in [-0.2, -0.15) is 12.6 Å². The SMILES string of the molecule is C.C.CCCOCCOCCN(CC(C)(C)S(C)=S)c1cc(COc2cc3c(cc2C)C(=O)N2c4ccccc4C[C@H]2CC3)cc(COc2cc3c(cc2OC)C(=O)N2c4ccccc4C[C@H]2CC3)c1.CCCOCCOCCN(CC(C)(C)S)c1cc(COc2cc3c(cc2C)C(=O)N2c4ccccc4C[C@H]2CC3)cc(COc2cc3c(cc2OC)C(=O)N2c4ccccc4C[C@H]2CC3)c1. The third-order valence-electron chi connectivity index (χ3n) is 27.4. The Balaban J connectivity index is 0.000000204. The molecule has 4 amide bonds. The third-order valence-corrected chi connectivity index (χ3v) is 30.6. The molecule has 10 aromatic rings. The highest BCUT2D eigenvalue weighted by atomic mass is 32.8. The second-order valence-electron chi connectivity index (χ2n) is 38.2. The van der Waals surface area contributed by atoms with E-state index < -0.39 is 0 Å². The number of para-hydroxylation sites is 4. The third kappa shape index (κ3) is 22.3. The largest absolute Gasteiger partial charge is 0.493 e. The number of hydrogen-bond donors (Lipinski definition) is 1. The van der Waals surface area contributed by atoms with Gasteiger partial charge in [0.15, 0.2) is 23.0 Å². The summed E-state index contributed by atoms with van der Waals surface area (Å²) in [6.07, 6.45) is 14.2. The summed E-state index contributed by atoms with van der Waals surface area (Å²) in [7, 11) is 2.97. The van der Waals surface area contributed by atoms with E-state index >= 15 is 0 Å². The van der Waals surface area contributed by atoms with Crippen LogP contribution in [0.25, 0.3) is 0 Å². The molecule has 720 valence electrons. The van der Waals surface area contributed by atoms with Crippen LogP contribution in [-0.2, 0) is 117 Å². The Morgan fingerprint density at radius 3 is 0.963 bits per heavy atom. The number of anilines is 6. The minimum atomic E-state index is -0.301. The van der Waals surface area contributed by atoms with Crippen molar-refractivity contribution in [2.45, 2.75) is 220 Å². The lowest BCUT2D eigenvalue weighted by molar-refractivity contribution is 0.0505. The van der Waals surface area contributed by atoms with Crippen molar-refractivity contribution >= 4 is 91.0 Å². The number of benzene rings is 10. The van der Waals surface area contributed by atoms with Crippen molar-refractivity contribution in [3.63, 3.8) is 0 Å². The van der Waals surface area contributed by atoms with Crippen LogP contribution in [0, 0.1) is 13.8 Å². The smallest absolute Gasteiger partial charge is 0.258 e.